The average Bonchev–Trinajstić information content (AvgIpc) is 2.40. The van der Waals surface area contributed by atoms with E-state index in [1.165, 1.54) is 11.1 Å². The van der Waals surface area contributed by atoms with Gasteiger partial charge in [0, 0.05) is 18.1 Å². The van der Waals surface area contributed by atoms with Crippen LogP contribution in [-0.4, -0.2) is 10.1 Å². The number of nitrogens with zero attached hydrogens (tertiary/aromatic N) is 1. The molecule has 98 valence electrons. The van der Waals surface area contributed by atoms with Crippen LogP contribution in [0.25, 0.3) is 0 Å². The highest BCUT2D eigenvalue weighted by molar-refractivity contribution is 7.80. The predicted molar refractivity (Wildman–Crippen MR) is 83.2 cm³/mol. The zero-order valence-corrected chi connectivity index (χ0v) is 11.9. The maximum absolute atomic E-state index is 5.30. The van der Waals surface area contributed by atoms with Crippen molar-refractivity contribution < 1.29 is 0 Å². The minimum absolute atomic E-state index is 0.169. The molecule has 0 fully saturated rings. The fourth-order valence-electron chi connectivity index (χ4n) is 1.74. The van der Waals surface area contributed by atoms with Crippen molar-refractivity contribution in [1.29, 1.82) is 0 Å². The minimum atomic E-state index is 0.169. The fourth-order valence-corrected chi connectivity index (χ4v) is 2.03. The Balaban J connectivity index is 1.93. The van der Waals surface area contributed by atoms with Gasteiger partial charge in [-0.2, -0.15) is 0 Å². The summed E-state index contributed by atoms with van der Waals surface area (Å²) in [7, 11) is 0. The van der Waals surface area contributed by atoms with Crippen molar-refractivity contribution in [3.05, 3.63) is 59.9 Å². The molecule has 0 bridgehead atoms. The topological polar surface area (TPSA) is 37.0 Å². The van der Waals surface area contributed by atoms with E-state index in [0.29, 0.717) is 5.11 Å². The molecule has 0 amide bonds. The molecule has 0 spiro atoms. The molecule has 1 heterocycles. The van der Waals surface area contributed by atoms with Crippen molar-refractivity contribution in [2.45, 2.75) is 19.9 Å². The van der Waals surface area contributed by atoms with Gasteiger partial charge in [-0.25, -0.2) is 0 Å². The first-order valence-electron chi connectivity index (χ1n) is 6.19. The first-order valence-corrected chi connectivity index (χ1v) is 6.60. The number of thiocarbonyl (C=S) groups is 1. The number of nitrogens with one attached hydrogen (secondary N) is 2. The van der Waals surface area contributed by atoms with Gasteiger partial charge in [0.2, 0.25) is 0 Å². The quantitative estimate of drug-likeness (QED) is 0.839. The second kappa shape index (κ2) is 6.29. The summed E-state index contributed by atoms with van der Waals surface area (Å²) >= 11 is 5.30. The predicted octanol–water partition coefficient (Wildman–Crippen LogP) is 3.44. The van der Waals surface area contributed by atoms with Crippen LogP contribution in [0.5, 0.6) is 0 Å². The Kier molecular flexibility index (Phi) is 4.47. The van der Waals surface area contributed by atoms with Crippen LogP contribution in [0.1, 0.15) is 24.1 Å². The molecule has 0 saturated heterocycles. The second-order valence-corrected chi connectivity index (χ2v) is 4.87. The van der Waals surface area contributed by atoms with Gasteiger partial charge in [0.1, 0.15) is 0 Å². The molecule has 0 unspecified atom stereocenters. The van der Waals surface area contributed by atoms with Gasteiger partial charge in [-0.1, -0.05) is 29.8 Å². The number of aryl methyl sites for hydroxylation is 1. The summed E-state index contributed by atoms with van der Waals surface area (Å²) in [5.41, 5.74) is 3.40. The molecule has 2 aromatic rings. The number of pyridine rings is 1. The van der Waals surface area contributed by atoms with Gasteiger partial charge >= 0.3 is 0 Å². The Morgan fingerprint density at radius 2 is 1.74 bits per heavy atom. The largest absolute Gasteiger partial charge is 0.356 e. The number of hydrogen-bond donors (Lipinski definition) is 2. The lowest BCUT2D eigenvalue weighted by Gasteiger charge is -2.17. The molecule has 4 heteroatoms. The zero-order valence-electron chi connectivity index (χ0n) is 11.1. The van der Waals surface area contributed by atoms with E-state index in [1.807, 2.05) is 12.1 Å². The van der Waals surface area contributed by atoms with Crippen LogP contribution < -0.4 is 10.6 Å². The Hall–Kier alpha value is -1.94. The van der Waals surface area contributed by atoms with Gasteiger partial charge < -0.3 is 10.6 Å². The third-order valence-electron chi connectivity index (χ3n) is 2.86. The molecule has 1 atom stereocenters. The molecule has 0 aliphatic carbocycles. The summed E-state index contributed by atoms with van der Waals surface area (Å²) in [5.74, 6) is 0. The van der Waals surface area contributed by atoms with Crippen molar-refractivity contribution in [3.8, 4) is 0 Å². The maximum atomic E-state index is 5.30. The van der Waals surface area contributed by atoms with Crippen LogP contribution in [0.3, 0.4) is 0 Å². The van der Waals surface area contributed by atoms with Crippen molar-refractivity contribution >= 4 is 23.0 Å². The van der Waals surface area contributed by atoms with Crippen LogP contribution in [-0.2, 0) is 0 Å². The number of hydrogen-bond acceptors (Lipinski definition) is 2. The average molecular weight is 271 g/mol. The first-order chi connectivity index (χ1) is 9.15. The highest BCUT2D eigenvalue weighted by Crippen LogP contribution is 2.13. The third kappa shape index (κ3) is 4.03. The van der Waals surface area contributed by atoms with Gasteiger partial charge in [-0.3, -0.25) is 4.98 Å². The Bertz CT molecular complexity index is 537. The van der Waals surface area contributed by atoms with Crippen LogP contribution in [0, 0.1) is 6.92 Å². The Morgan fingerprint density at radius 3 is 2.37 bits per heavy atom. The standard InChI is InChI=1S/C15H17N3S/c1-11-3-5-13(6-4-11)12(2)17-15(19)18-14-7-9-16-10-8-14/h3-10,12H,1-2H3,(H2,16,17,18,19)/t12-/m0/s1. The van der Waals surface area contributed by atoms with Crippen LogP contribution in [0.15, 0.2) is 48.8 Å². The molecule has 0 saturated carbocycles. The molecule has 0 aliphatic rings. The number of benzene rings is 1. The lowest BCUT2D eigenvalue weighted by atomic mass is 10.1. The normalized spacial score (nSPS) is 11.7. The van der Waals surface area contributed by atoms with E-state index in [4.69, 9.17) is 12.2 Å². The number of anilines is 1. The van der Waals surface area contributed by atoms with Crippen molar-refractivity contribution in [2.24, 2.45) is 0 Å². The van der Waals surface area contributed by atoms with E-state index in [0.717, 1.165) is 5.69 Å². The molecule has 3 nitrogen and oxygen atoms in total. The summed E-state index contributed by atoms with van der Waals surface area (Å²) in [4.78, 5) is 3.97. The van der Waals surface area contributed by atoms with Gasteiger partial charge in [0.05, 0.1) is 6.04 Å². The van der Waals surface area contributed by atoms with Gasteiger partial charge in [-0.05, 0) is 43.8 Å². The van der Waals surface area contributed by atoms with Crippen molar-refractivity contribution in [3.63, 3.8) is 0 Å². The van der Waals surface area contributed by atoms with Gasteiger partial charge in [0.25, 0.3) is 0 Å². The number of rotatable bonds is 3. The highest BCUT2D eigenvalue weighted by atomic mass is 32.1. The summed E-state index contributed by atoms with van der Waals surface area (Å²) in [6, 6.07) is 12.4. The van der Waals surface area contributed by atoms with E-state index in [9.17, 15) is 0 Å². The molecular weight excluding hydrogens is 254 g/mol. The van der Waals surface area contributed by atoms with Crippen LogP contribution in [0.2, 0.25) is 0 Å². The Morgan fingerprint density at radius 1 is 1.11 bits per heavy atom. The molecule has 2 rings (SSSR count). The van der Waals surface area contributed by atoms with E-state index in [2.05, 4.69) is 53.7 Å². The lowest BCUT2D eigenvalue weighted by molar-refractivity contribution is 0.722. The molecule has 0 radical (unpaired) electrons. The van der Waals surface area contributed by atoms with Crippen LogP contribution >= 0.6 is 12.2 Å². The van der Waals surface area contributed by atoms with Crippen molar-refractivity contribution in [1.82, 2.24) is 10.3 Å². The molecule has 19 heavy (non-hydrogen) atoms. The second-order valence-electron chi connectivity index (χ2n) is 4.47. The molecule has 2 N–H and O–H groups in total. The monoisotopic (exact) mass is 271 g/mol. The van der Waals surface area contributed by atoms with E-state index in [1.54, 1.807) is 12.4 Å². The molecule has 0 aliphatic heterocycles. The third-order valence-corrected chi connectivity index (χ3v) is 3.08. The summed E-state index contributed by atoms with van der Waals surface area (Å²) in [6.45, 7) is 4.17. The SMILES string of the molecule is Cc1ccc([C@H](C)NC(=S)Nc2ccncc2)cc1. The zero-order chi connectivity index (χ0) is 13.7. The van der Waals surface area contributed by atoms with Crippen LogP contribution in [0.4, 0.5) is 5.69 Å². The van der Waals surface area contributed by atoms with E-state index >= 15 is 0 Å². The summed E-state index contributed by atoms with van der Waals surface area (Å²) in [5, 5.41) is 7.01. The molecular formula is C15H17N3S. The summed E-state index contributed by atoms with van der Waals surface area (Å²) in [6.07, 6.45) is 3.46. The van der Waals surface area contributed by atoms with E-state index < -0.39 is 0 Å². The van der Waals surface area contributed by atoms with Gasteiger partial charge in [-0.15, -0.1) is 0 Å². The minimum Gasteiger partial charge on any atom is -0.356 e. The van der Waals surface area contributed by atoms with Crippen molar-refractivity contribution in [2.75, 3.05) is 5.32 Å². The van der Waals surface area contributed by atoms with Gasteiger partial charge in [0.15, 0.2) is 5.11 Å². The highest BCUT2D eigenvalue weighted by Gasteiger charge is 2.06. The van der Waals surface area contributed by atoms with E-state index in [-0.39, 0.29) is 6.04 Å². The summed E-state index contributed by atoms with van der Waals surface area (Å²) < 4.78 is 0. The fraction of sp³-hybridized carbons (Fsp3) is 0.200. The Labute approximate surface area is 119 Å². The molecule has 1 aromatic carbocycles. The molecule has 1 aromatic heterocycles. The lowest BCUT2D eigenvalue weighted by Crippen LogP contribution is -2.30. The smallest absolute Gasteiger partial charge is 0.171 e. The first kappa shape index (κ1) is 13.5. The number of aromatic nitrogens is 1. The maximum Gasteiger partial charge on any atom is 0.171 e.